The molecule has 4 heteroatoms. The lowest BCUT2D eigenvalue weighted by Gasteiger charge is -2.38. The molecule has 70 valence electrons. The molecule has 0 radical (unpaired) electrons. The van der Waals surface area contributed by atoms with Gasteiger partial charge < -0.3 is 20.3 Å². The summed E-state index contributed by atoms with van der Waals surface area (Å²) in [6.07, 6.45) is 0.395. The van der Waals surface area contributed by atoms with E-state index in [0.29, 0.717) is 6.54 Å². The molecule has 3 N–H and O–H groups in total. The van der Waals surface area contributed by atoms with E-state index >= 15 is 0 Å². The first-order valence-electron chi connectivity index (χ1n) is 4.33. The maximum Gasteiger partial charge on any atom is 0.109 e. The van der Waals surface area contributed by atoms with Crippen molar-refractivity contribution in [3.63, 3.8) is 0 Å². The molecule has 0 aromatic rings. The molecule has 1 saturated heterocycles. The maximum atomic E-state index is 9.60. The molecule has 0 unspecified atom stereocenters. The highest BCUT2D eigenvalue weighted by Gasteiger charge is 2.56. The van der Waals surface area contributed by atoms with Gasteiger partial charge in [0.1, 0.15) is 12.2 Å². The summed E-state index contributed by atoms with van der Waals surface area (Å²) in [5.74, 6) is 0. The van der Waals surface area contributed by atoms with E-state index in [0.717, 1.165) is 12.8 Å². The molecule has 12 heavy (non-hydrogen) atoms. The number of nitrogens with one attached hydrogen (secondary N) is 1. The Morgan fingerprint density at radius 3 is 2.58 bits per heavy atom. The van der Waals surface area contributed by atoms with Crippen molar-refractivity contribution < 1.29 is 14.9 Å². The first kappa shape index (κ1) is 8.44. The summed E-state index contributed by atoms with van der Waals surface area (Å²) in [5.41, 5.74) is -0.0343. The van der Waals surface area contributed by atoms with E-state index in [1.54, 1.807) is 7.11 Å². The predicted octanol–water partition coefficient (Wildman–Crippen LogP) is -1.14. The normalized spacial score (nSPS) is 44.8. The average molecular weight is 173 g/mol. The molecule has 4 nitrogen and oxygen atoms in total. The van der Waals surface area contributed by atoms with Gasteiger partial charge in [0, 0.05) is 19.2 Å². The van der Waals surface area contributed by atoms with E-state index in [4.69, 9.17) is 4.74 Å². The van der Waals surface area contributed by atoms with E-state index in [-0.39, 0.29) is 11.6 Å². The van der Waals surface area contributed by atoms with Gasteiger partial charge in [0.15, 0.2) is 0 Å². The topological polar surface area (TPSA) is 61.7 Å². The number of β-amino-alcohol motifs (C(OH)–C–C–N with tert-alkyl or cyclic N) is 1. The minimum absolute atomic E-state index is 0.0343. The van der Waals surface area contributed by atoms with Gasteiger partial charge in [-0.05, 0) is 12.8 Å². The van der Waals surface area contributed by atoms with E-state index < -0.39 is 12.2 Å². The van der Waals surface area contributed by atoms with Crippen molar-refractivity contribution in [3.05, 3.63) is 0 Å². The van der Waals surface area contributed by atoms with Crippen LogP contribution in [0.1, 0.15) is 12.8 Å². The van der Waals surface area contributed by atoms with Gasteiger partial charge in [0.25, 0.3) is 0 Å². The zero-order valence-corrected chi connectivity index (χ0v) is 7.16. The molecule has 1 aliphatic carbocycles. The highest BCUT2D eigenvalue weighted by atomic mass is 16.5. The van der Waals surface area contributed by atoms with Crippen LogP contribution in [0.4, 0.5) is 0 Å². The Labute approximate surface area is 71.5 Å². The molecule has 2 rings (SSSR count). The van der Waals surface area contributed by atoms with Crippen LogP contribution in [0.2, 0.25) is 0 Å². The molecule has 1 heterocycles. The van der Waals surface area contributed by atoms with Crippen LogP contribution in [-0.2, 0) is 4.74 Å². The van der Waals surface area contributed by atoms with Gasteiger partial charge >= 0.3 is 0 Å². The van der Waals surface area contributed by atoms with Crippen molar-refractivity contribution in [2.45, 2.75) is 36.7 Å². The molecular formula is C8H15NO3. The standard InChI is InChI=1S/C8H15NO3/c1-12-7-6(11)5(10)4-9-8(7)2-3-8/h5-7,9-11H,2-4H2,1H3/t5-,6+,7-/m1/s1. The SMILES string of the molecule is CO[C@@H]1[C@@H](O)[C@H](O)CNC12CC2. The van der Waals surface area contributed by atoms with Crippen molar-refractivity contribution in [2.24, 2.45) is 0 Å². The molecule has 2 aliphatic rings. The maximum absolute atomic E-state index is 9.60. The lowest BCUT2D eigenvalue weighted by molar-refractivity contribution is -0.115. The zero-order chi connectivity index (χ0) is 8.77. The highest BCUT2D eigenvalue weighted by Crippen LogP contribution is 2.43. The van der Waals surface area contributed by atoms with Gasteiger partial charge in [-0.25, -0.2) is 0 Å². The largest absolute Gasteiger partial charge is 0.389 e. The van der Waals surface area contributed by atoms with Crippen molar-refractivity contribution in [3.8, 4) is 0 Å². The Morgan fingerprint density at radius 2 is 2.08 bits per heavy atom. The quantitative estimate of drug-likeness (QED) is 0.469. The van der Waals surface area contributed by atoms with Crippen LogP contribution in [-0.4, -0.2) is 47.7 Å². The summed E-state index contributed by atoms with van der Waals surface area (Å²) in [6, 6.07) is 0. The minimum atomic E-state index is -0.737. The first-order valence-corrected chi connectivity index (χ1v) is 4.33. The van der Waals surface area contributed by atoms with Crippen molar-refractivity contribution in [2.75, 3.05) is 13.7 Å². The molecule has 1 aliphatic heterocycles. The van der Waals surface area contributed by atoms with E-state index in [1.165, 1.54) is 0 Å². The molecule has 0 amide bonds. The monoisotopic (exact) mass is 173 g/mol. The van der Waals surface area contributed by atoms with Crippen LogP contribution in [0.5, 0.6) is 0 Å². The fraction of sp³-hybridized carbons (Fsp3) is 1.00. The van der Waals surface area contributed by atoms with E-state index in [1.807, 2.05) is 0 Å². The Bertz CT molecular complexity index is 181. The third kappa shape index (κ3) is 1.07. The number of aliphatic hydroxyl groups is 2. The van der Waals surface area contributed by atoms with Crippen LogP contribution < -0.4 is 5.32 Å². The third-order valence-electron chi connectivity index (χ3n) is 2.95. The number of methoxy groups -OCH3 is 1. The van der Waals surface area contributed by atoms with Gasteiger partial charge in [0.2, 0.25) is 0 Å². The summed E-state index contributed by atoms with van der Waals surface area (Å²) in [7, 11) is 1.58. The van der Waals surface area contributed by atoms with Crippen LogP contribution in [0.15, 0.2) is 0 Å². The van der Waals surface area contributed by atoms with E-state index in [2.05, 4.69) is 5.32 Å². The molecule has 3 atom stereocenters. The second kappa shape index (κ2) is 2.67. The predicted molar refractivity (Wildman–Crippen MR) is 42.8 cm³/mol. The molecule has 1 saturated carbocycles. The van der Waals surface area contributed by atoms with Crippen molar-refractivity contribution in [1.82, 2.24) is 5.32 Å². The highest BCUT2D eigenvalue weighted by molar-refractivity contribution is 5.14. The average Bonchev–Trinajstić information content (AvgIpc) is 2.81. The smallest absolute Gasteiger partial charge is 0.109 e. The van der Waals surface area contributed by atoms with Gasteiger partial charge in [-0.1, -0.05) is 0 Å². The number of hydrogen-bond donors (Lipinski definition) is 3. The Kier molecular flexibility index (Phi) is 1.88. The Balaban J connectivity index is 2.11. The summed E-state index contributed by atoms with van der Waals surface area (Å²) >= 11 is 0. The fourth-order valence-corrected chi connectivity index (χ4v) is 2.02. The number of aliphatic hydroxyl groups excluding tert-OH is 2. The van der Waals surface area contributed by atoms with Crippen LogP contribution >= 0.6 is 0 Å². The van der Waals surface area contributed by atoms with Crippen LogP contribution in [0, 0.1) is 0 Å². The van der Waals surface area contributed by atoms with Crippen molar-refractivity contribution >= 4 is 0 Å². The number of piperidine rings is 1. The molecule has 2 fully saturated rings. The van der Waals surface area contributed by atoms with Gasteiger partial charge in [0.05, 0.1) is 6.10 Å². The Morgan fingerprint density at radius 1 is 1.42 bits per heavy atom. The summed E-state index contributed by atoms with van der Waals surface area (Å²) in [5, 5.41) is 22.2. The van der Waals surface area contributed by atoms with Crippen molar-refractivity contribution in [1.29, 1.82) is 0 Å². The van der Waals surface area contributed by atoms with Crippen LogP contribution in [0.3, 0.4) is 0 Å². The molecule has 0 bridgehead atoms. The third-order valence-corrected chi connectivity index (χ3v) is 2.95. The second-order valence-electron chi connectivity index (χ2n) is 3.75. The zero-order valence-electron chi connectivity index (χ0n) is 7.16. The molecule has 1 spiro atoms. The lowest BCUT2D eigenvalue weighted by atomic mass is 9.94. The Hall–Kier alpha value is -0.160. The van der Waals surface area contributed by atoms with Crippen LogP contribution in [0.25, 0.3) is 0 Å². The van der Waals surface area contributed by atoms with E-state index in [9.17, 15) is 10.2 Å². The molecule has 0 aromatic carbocycles. The fourth-order valence-electron chi connectivity index (χ4n) is 2.02. The second-order valence-corrected chi connectivity index (χ2v) is 3.75. The van der Waals surface area contributed by atoms with Gasteiger partial charge in [-0.15, -0.1) is 0 Å². The lowest BCUT2D eigenvalue weighted by Crippen LogP contribution is -2.61. The van der Waals surface area contributed by atoms with Gasteiger partial charge in [-0.3, -0.25) is 0 Å². The summed E-state index contributed by atoms with van der Waals surface area (Å²) in [4.78, 5) is 0. The number of hydrogen-bond acceptors (Lipinski definition) is 4. The first-order chi connectivity index (χ1) is 5.69. The van der Waals surface area contributed by atoms with Gasteiger partial charge in [-0.2, -0.15) is 0 Å². The number of ether oxygens (including phenoxy) is 1. The summed E-state index contributed by atoms with van der Waals surface area (Å²) < 4.78 is 5.18. The summed E-state index contributed by atoms with van der Waals surface area (Å²) in [6.45, 7) is 0.473. The number of rotatable bonds is 1. The minimum Gasteiger partial charge on any atom is -0.389 e. The molecular weight excluding hydrogens is 158 g/mol. The molecule has 0 aromatic heterocycles.